The van der Waals surface area contributed by atoms with Gasteiger partial charge in [-0.1, -0.05) is 18.2 Å². The van der Waals surface area contributed by atoms with Crippen LogP contribution in [0.1, 0.15) is 0 Å². The number of nitrogens with zero attached hydrogens (tertiary/aromatic N) is 1. The van der Waals surface area contributed by atoms with Gasteiger partial charge >= 0.3 is 0 Å². The Bertz CT molecular complexity index is 504. The topological polar surface area (TPSA) is 21.7 Å². The van der Waals surface area contributed by atoms with Crippen molar-refractivity contribution in [1.82, 2.24) is 0 Å². The van der Waals surface area contributed by atoms with E-state index >= 15 is 0 Å². The van der Waals surface area contributed by atoms with Gasteiger partial charge in [-0.25, -0.2) is 0 Å². The Kier molecular flexibility index (Phi) is 3.65. The fourth-order valence-corrected chi connectivity index (χ4v) is 2.17. The average molecular weight is 255 g/mol. The Morgan fingerprint density at radius 3 is 2.11 bits per heavy atom. The summed E-state index contributed by atoms with van der Waals surface area (Å²) in [6.07, 6.45) is 0. The van der Waals surface area contributed by atoms with Crippen molar-refractivity contribution >= 4 is 5.69 Å². The summed E-state index contributed by atoms with van der Waals surface area (Å²) in [6, 6.07) is 18.1. The Hall–Kier alpha value is -2.00. The lowest BCUT2D eigenvalue weighted by atomic mass is 10.2. The Labute approximate surface area is 113 Å². The molecule has 0 unspecified atom stereocenters. The van der Waals surface area contributed by atoms with Crippen molar-refractivity contribution in [3.05, 3.63) is 54.6 Å². The molecule has 3 nitrogen and oxygen atoms in total. The Morgan fingerprint density at radius 2 is 1.42 bits per heavy atom. The summed E-state index contributed by atoms with van der Waals surface area (Å²) in [7, 11) is 0. The minimum atomic E-state index is 0.808. The quantitative estimate of drug-likeness (QED) is 0.839. The number of anilines is 1. The predicted octanol–water partition coefficient (Wildman–Crippen LogP) is 3.32. The van der Waals surface area contributed by atoms with E-state index in [4.69, 9.17) is 9.47 Å². The number of benzene rings is 2. The van der Waals surface area contributed by atoms with Crippen LogP contribution in [-0.4, -0.2) is 26.3 Å². The average Bonchev–Trinajstić information content (AvgIpc) is 2.50. The molecule has 1 heterocycles. The van der Waals surface area contributed by atoms with E-state index in [1.807, 2.05) is 42.5 Å². The van der Waals surface area contributed by atoms with Crippen LogP contribution in [0.3, 0.4) is 0 Å². The fraction of sp³-hybridized carbons (Fsp3) is 0.250. The van der Waals surface area contributed by atoms with E-state index in [1.165, 1.54) is 5.69 Å². The van der Waals surface area contributed by atoms with E-state index in [0.717, 1.165) is 37.8 Å². The van der Waals surface area contributed by atoms with Crippen molar-refractivity contribution in [3.63, 3.8) is 0 Å². The molecule has 0 aliphatic carbocycles. The van der Waals surface area contributed by atoms with Gasteiger partial charge in [-0.15, -0.1) is 0 Å². The van der Waals surface area contributed by atoms with Crippen molar-refractivity contribution in [2.45, 2.75) is 0 Å². The molecule has 0 atom stereocenters. The van der Waals surface area contributed by atoms with E-state index in [9.17, 15) is 0 Å². The molecule has 3 heteroatoms. The molecule has 0 bridgehead atoms. The van der Waals surface area contributed by atoms with Crippen LogP contribution in [0.2, 0.25) is 0 Å². The van der Waals surface area contributed by atoms with Crippen LogP contribution in [0.5, 0.6) is 11.5 Å². The molecule has 1 aliphatic heterocycles. The maximum absolute atomic E-state index is 5.78. The molecule has 98 valence electrons. The molecule has 1 saturated heterocycles. The zero-order valence-corrected chi connectivity index (χ0v) is 10.8. The number of hydrogen-bond donors (Lipinski definition) is 0. The summed E-state index contributed by atoms with van der Waals surface area (Å²) in [5.74, 6) is 1.73. The van der Waals surface area contributed by atoms with Crippen molar-refractivity contribution < 1.29 is 9.47 Å². The monoisotopic (exact) mass is 255 g/mol. The first-order chi connectivity index (χ1) is 9.42. The molecule has 0 radical (unpaired) electrons. The number of ether oxygens (including phenoxy) is 2. The first kappa shape index (κ1) is 12.1. The van der Waals surface area contributed by atoms with E-state index in [0.29, 0.717) is 0 Å². The third-order valence-corrected chi connectivity index (χ3v) is 3.19. The highest BCUT2D eigenvalue weighted by molar-refractivity contribution is 5.49. The smallest absolute Gasteiger partial charge is 0.127 e. The van der Waals surface area contributed by atoms with E-state index in [-0.39, 0.29) is 0 Å². The second-order valence-electron chi connectivity index (χ2n) is 4.51. The molecular weight excluding hydrogens is 238 g/mol. The fourth-order valence-electron chi connectivity index (χ4n) is 2.17. The highest BCUT2D eigenvalue weighted by Gasteiger charge is 2.10. The molecule has 1 fully saturated rings. The van der Waals surface area contributed by atoms with Crippen molar-refractivity contribution in [2.75, 3.05) is 31.2 Å². The predicted molar refractivity (Wildman–Crippen MR) is 76.0 cm³/mol. The van der Waals surface area contributed by atoms with Gasteiger partial charge in [-0.2, -0.15) is 0 Å². The SMILES string of the molecule is c1ccc(Oc2ccc(N3CCOCC3)cc2)cc1. The lowest BCUT2D eigenvalue weighted by Crippen LogP contribution is -2.36. The van der Waals surface area contributed by atoms with Crippen LogP contribution in [-0.2, 0) is 4.74 Å². The molecule has 2 aromatic carbocycles. The molecule has 0 saturated carbocycles. The molecular formula is C16H17NO2. The molecule has 2 aromatic rings. The van der Waals surface area contributed by atoms with Gasteiger partial charge in [0.15, 0.2) is 0 Å². The van der Waals surface area contributed by atoms with Gasteiger partial charge in [0, 0.05) is 18.8 Å². The lowest BCUT2D eigenvalue weighted by Gasteiger charge is -2.28. The lowest BCUT2D eigenvalue weighted by molar-refractivity contribution is 0.122. The first-order valence-corrected chi connectivity index (χ1v) is 6.57. The maximum Gasteiger partial charge on any atom is 0.127 e. The van der Waals surface area contributed by atoms with Gasteiger partial charge in [-0.3, -0.25) is 0 Å². The van der Waals surface area contributed by atoms with Crippen molar-refractivity contribution in [3.8, 4) is 11.5 Å². The van der Waals surface area contributed by atoms with Crippen molar-refractivity contribution in [2.24, 2.45) is 0 Å². The molecule has 3 rings (SSSR count). The second kappa shape index (κ2) is 5.76. The molecule has 0 N–H and O–H groups in total. The van der Waals surface area contributed by atoms with Crippen LogP contribution in [0.25, 0.3) is 0 Å². The molecule has 1 aliphatic rings. The van der Waals surface area contributed by atoms with Crippen molar-refractivity contribution in [1.29, 1.82) is 0 Å². The first-order valence-electron chi connectivity index (χ1n) is 6.57. The largest absolute Gasteiger partial charge is 0.457 e. The van der Waals surface area contributed by atoms with E-state index in [2.05, 4.69) is 17.0 Å². The summed E-state index contributed by atoms with van der Waals surface area (Å²) < 4.78 is 11.1. The molecule has 0 aromatic heterocycles. The minimum Gasteiger partial charge on any atom is -0.457 e. The summed E-state index contributed by atoms with van der Waals surface area (Å²) >= 11 is 0. The van der Waals surface area contributed by atoms with Gasteiger partial charge in [-0.05, 0) is 36.4 Å². The number of para-hydroxylation sites is 1. The third-order valence-electron chi connectivity index (χ3n) is 3.19. The van der Waals surface area contributed by atoms with Crippen LogP contribution in [0.15, 0.2) is 54.6 Å². The highest BCUT2D eigenvalue weighted by Crippen LogP contribution is 2.24. The molecule has 0 amide bonds. The van der Waals surface area contributed by atoms with Crippen LogP contribution >= 0.6 is 0 Å². The molecule has 0 spiro atoms. The maximum atomic E-state index is 5.78. The second-order valence-corrected chi connectivity index (χ2v) is 4.51. The zero-order chi connectivity index (χ0) is 12.9. The van der Waals surface area contributed by atoms with E-state index in [1.54, 1.807) is 0 Å². The van der Waals surface area contributed by atoms with Gasteiger partial charge in [0.1, 0.15) is 11.5 Å². The van der Waals surface area contributed by atoms with Gasteiger partial charge in [0.25, 0.3) is 0 Å². The number of morpholine rings is 1. The third kappa shape index (κ3) is 3.06. The summed E-state index contributed by atoms with van der Waals surface area (Å²) in [5.41, 5.74) is 1.23. The Morgan fingerprint density at radius 1 is 0.789 bits per heavy atom. The van der Waals surface area contributed by atoms with Crippen LogP contribution < -0.4 is 9.64 Å². The highest BCUT2D eigenvalue weighted by atomic mass is 16.5. The standard InChI is InChI=1S/C16H17NO2/c1-2-4-15(5-3-1)19-16-8-6-14(7-9-16)17-10-12-18-13-11-17/h1-9H,10-13H2. The van der Waals surface area contributed by atoms with Gasteiger partial charge in [0.05, 0.1) is 13.2 Å². The number of rotatable bonds is 3. The Balaban J connectivity index is 1.68. The summed E-state index contributed by atoms with van der Waals surface area (Å²) in [6.45, 7) is 3.53. The summed E-state index contributed by atoms with van der Waals surface area (Å²) in [5, 5.41) is 0. The normalized spacial score (nSPS) is 15.3. The van der Waals surface area contributed by atoms with E-state index < -0.39 is 0 Å². The van der Waals surface area contributed by atoms with Crippen LogP contribution in [0.4, 0.5) is 5.69 Å². The van der Waals surface area contributed by atoms with Gasteiger partial charge in [0.2, 0.25) is 0 Å². The summed E-state index contributed by atoms with van der Waals surface area (Å²) in [4.78, 5) is 2.33. The number of hydrogen-bond acceptors (Lipinski definition) is 3. The van der Waals surface area contributed by atoms with Gasteiger partial charge < -0.3 is 14.4 Å². The minimum absolute atomic E-state index is 0.808. The van der Waals surface area contributed by atoms with Crippen LogP contribution in [0, 0.1) is 0 Å². The molecule has 19 heavy (non-hydrogen) atoms. The zero-order valence-electron chi connectivity index (χ0n) is 10.8.